The van der Waals surface area contributed by atoms with Gasteiger partial charge in [-0.1, -0.05) is 30.3 Å². The molecule has 30 heavy (non-hydrogen) atoms. The van der Waals surface area contributed by atoms with Crippen LogP contribution in [0.4, 0.5) is 5.00 Å². The fourth-order valence-corrected chi connectivity index (χ4v) is 4.74. The number of carbonyl (C=O) groups is 2. The minimum atomic E-state index is -0.417. The van der Waals surface area contributed by atoms with Gasteiger partial charge in [0.25, 0.3) is 0 Å². The van der Waals surface area contributed by atoms with Crippen LogP contribution < -0.4 is 5.32 Å². The van der Waals surface area contributed by atoms with E-state index in [2.05, 4.69) is 10.2 Å². The summed E-state index contributed by atoms with van der Waals surface area (Å²) < 4.78 is 10.7. The fourth-order valence-electron chi connectivity index (χ4n) is 3.40. The second-order valence-corrected chi connectivity index (χ2v) is 8.47. The van der Waals surface area contributed by atoms with Crippen LogP contribution in [0.1, 0.15) is 22.2 Å². The fraction of sp³-hybridized carbons (Fsp3) is 0.455. The van der Waals surface area contributed by atoms with Gasteiger partial charge in [-0.05, 0) is 26.6 Å². The maximum Gasteiger partial charge on any atom is 0.341 e. The minimum absolute atomic E-state index is 0.139. The van der Waals surface area contributed by atoms with E-state index in [0.717, 1.165) is 29.1 Å². The van der Waals surface area contributed by atoms with E-state index >= 15 is 0 Å². The summed E-state index contributed by atoms with van der Waals surface area (Å²) in [7, 11) is 3.96. The third-order valence-corrected chi connectivity index (χ3v) is 5.80. The number of thiophene rings is 1. The van der Waals surface area contributed by atoms with Crippen molar-refractivity contribution in [1.82, 2.24) is 9.80 Å². The van der Waals surface area contributed by atoms with Crippen molar-refractivity contribution in [2.45, 2.75) is 13.5 Å². The Balaban J connectivity index is 1.97. The molecule has 0 aliphatic carbocycles. The molecule has 1 aromatic carbocycles. The SMILES string of the molecule is CCOC(=O)c1c(NC(=O)CN2CCOCC2)sc(CN(C)C)c1-c1ccccc1. The first-order chi connectivity index (χ1) is 14.5. The molecule has 1 aromatic heterocycles. The van der Waals surface area contributed by atoms with Crippen LogP contribution in [0.25, 0.3) is 11.1 Å². The Bertz CT molecular complexity index is 861. The van der Waals surface area contributed by atoms with Crippen LogP contribution >= 0.6 is 11.3 Å². The number of nitrogens with zero attached hydrogens (tertiary/aromatic N) is 2. The highest BCUT2D eigenvalue weighted by Crippen LogP contribution is 2.41. The minimum Gasteiger partial charge on any atom is -0.462 e. The summed E-state index contributed by atoms with van der Waals surface area (Å²) >= 11 is 1.44. The third kappa shape index (κ3) is 5.66. The summed E-state index contributed by atoms with van der Waals surface area (Å²) in [4.78, 5) is 30.8. The first kappa shape index (κ1) is 22.4. The molecular weight excluding hydrogens is 402 g/mol. The lowest BCUT2D eigenvalue weighted by Crippen LogP contribution is -2.41. The van der Waals surface area contributed by atoms with Crippen molar-refractivity contribution in [2.24, 2.45) is 0 Å². The second-order valence-electron chi connectivity index (χ2n) is 7.37. The van der Waals surface area contributed by atoms with E-state index in [1.165, 1.54) is 11.3 Å². The summed E-state index contributed by atoms with van der Waals surface area (Å²) in [6.07, 6.45) is 0. The zero-order valence-corrected chi connectivity index (χ0v) is 18.6. The van der Waals surface area contributed by atoms with Gasteiger partial charge >= 0.3 is 5.97 Å². The molecule has 1 saturated heterocycles. The van der Waals surface area contributed by atoms with Crippen molar-refractivity contribution in [3.8, 4) is 11.1 Å². The normalized spacial score (nSPS) is 14.7. The molecule has 1 N–H and O–H groups in total. The Morgan fingerprint density at radius 2 is 1.90 bits per heavy atom. The molecule has 7 nitrogen and oxygen atoms in total. The van der Waals surface area contributed by atoms with Crippen LogP contribution in [0.3, 0.4) is 0 Å². The molecule has 1 aliphatic heterocycles. The van der Waals surface area contributed by atoms with Crippen LogP contribution in [-0.4, -0.2) is 75.2 Å². The largest absolute Gasteiger partial charge is 0.462 e. The van der Waals surface area contributed by atoms with Crippen LogP contribution in [0.15, 0.2) is 30.3 Å². The molecule has 162 valence electrons. The van der Waals surface area contributed by atoms with Gasteiger partial charge in [-0.15, -0.1) is 11.3 Å². The maximum absolute atomic E-state index is 12.9. The number of rotatable bonds is 8. The monoisotopic (exact) mass is 431 g/mol. The Morgan fingerprint density at radius 3 is 2.53 bits per heavy atom. The average molecular weight is 432 g/mol. The Kier molecular flexibility index (Phi) is 7.98. The highest BCUT2D eigenvalue weighted by molar-refractivity contribution is 7.17. The van der Waals surface area contributed by atoms with Crippen LogP contribution in [0, 0.1) is 0 Å². The molecule has 1 fully saturated rings. The first-order valence-corrected chi connectivity index (χ1v) is 10.9. The van der Waals surface area contributed by atoms with Gasteiger partial charge in [0.15, 0.2) is 0 Å². The summed E-state index contributed by atoms with van der Waals surface area (Å²) in [5, 5.41) is 3.52. The molecule has 0 spiro atoms. The van der Waals surface area contributed by atoms with E-state index in [-0.39, 0.29) is 19.1 Å². The van der Waals surface area contributed by atoms with Crippen LogP contribution in [-0.2, 0) is 20.8 Å². The van der Waals surface area contributed by atoms with E-state index in [9.17, 15) is 9.59 Å². The lowest BCUT2D eigenvalue weighted by molar-refractivity contribution is -0.118. The lowest BCUT2D eigenvalue weighted by Gasteiger charge is -2.25. The van der Waals surface area contributed by atoms with E-state index in [4.69, 9.17) is 9.47 Å². The number of nitrogens with one attached hydrogen (secondary N) is 1. The molecule has 3 rings (SSSR count). The molecule has 1 aliphatic rings. The smallest absolute Gasteiger partial charge is 0.341 e. The number of anilines is 1. The van der Waals surface area contributed by atoms with Gasteiger partial charge in [0.05, 0.1) is 26.4 Å². The third-order valence-electron chi connectivity index (χ3n) is 4.71. The number of morpholine rings is 1. The van der Waals surface area contributed by atoms with Crippen molar-refractivity contribution < 1.29 is 19.1 Å². The van der Waals surface area contributed by atoms with Crippen molar-refractivity contribution >= 4 is 28.2 Å². The number of amides is 1. The van der Waals surface area contributed by atoms with Crippen molar-refractivity contribution in [3.63, 3.8) is 0 Å². The molecule has 0 bridgehead atoms. The van der Waals surface area contributed by atoms with E-state index in [1.54, 1.807) is 6.92 Å². The standard InChI is InChI=1S/C22H29N3O4S/c1-4-29-22(27)20-19(16-8-6-5-7-9-16)17(14-24(2)3)30-21(20)23-18(26)15-25-10-12-28-13-11-25/h5-9H,4,10-15H2,1-3H3,(H,23,26). The maximum atomic E-state index is 12.9. The van der Waals surface area contributed by atoms with Crippen LogP contribution in [0.5, 0.6) is 0 Å². The molecule has 0 atom stereocenters. The van der Waals surface area contributed by atoms with Crippen molar-refractivity contribution in [3.05, 3.63) is 40.8 Å². The number of hydrogen-bond acceptors (Lipinski definition) is 7. The number of hydrogen-bond donors (Lipinski definition) is 1. The topological polar surface area (TPSA) is 71.1 Å². The van der Waals surface area contributed by atoms with Gasteiger partial charge in [-0.25, -0.2) is 4.79 Å². The number of carbonyl (C=O) groups excluding carboxylic acids is 2. The van der Waals surface area contributed by atoms with Crippen molar-refractivity contribution in [2.75, 3.05) is 58.9 Å². The molecule has 0 saturated carbocycles. The molecule has 0 radical (unpaired) electrons. The van der Waals surface area contributed by atoms with E-state index in [1.807, 2.05) is 49.3 Å². The number of benzene rings is 1. The highest BCUT2D eigenvalue weighted by Gasteiger charge is 2.27. The van der Waals surface area contributed by atoms with E-state index in [0.29, 0.717) is 30.3 Å². The van der Waals surface area contributed by atoms with Crippen LogP contribution in [0.2, 0.25) is 0 Å². The molecule has 2 heterocycles. The quantitative estimate of drug-likeness (QED) is 0.648. The zero-order valence-electron chi connectivity index (χ0n) is 17.8. The number of ether oxygens (including phenoxy) is 2. The van der Waals surface area contributed by atoms with Gasteiger partial charge in [0.1, 0.15) is 10.6 Å². The molecule has 1 amide bonds. The van der Waals surface area contributed by atoms with Crippen molar-refractivity contribution in [1.29, 1.82) is 0 Å². The van der Waals surface area contributed by atoms with Gasteiger partial charge in [-0.3, -0.25) is 9.69 Å². The molecular formula is C22H29N3O4S. The Morgan fingerprint density at radius 1 is 1.20 bits per heavy atom. The first-order valence-electron chi connectivity index (χ1n) is 10.1. The average Bonchev–Trinajstić information content (AvgIpc) is 3.06. The zero-order chi connectivity index (χ0) is 21.5. The van der Waals surface area contributed by atoms with Gasteiger partial charge in [0.2, 0.25) is 5.91 Å². The second kappa shape index (κ2) is 10.7. The van der Waals surface area contributed by atoms with E-state index < -0.39 is 5.97 Å². The van der Waals surface area contributed by atoms with Gasteiger partial charge in [0, 0.05) is 30.1 Å². The molecule has 2 aromatic rings. The summed E-state index contributed by atoms with van der Waals surface area (Å²) in [6, 6.07) is 9.78. The molecule has 0 unspecified atom stereocenters. The van der Waals surface area contributed by atoms with Gasteiger partial charge in [-0.2, -0.15) is 0 Å². The molecule has 8 heteroatoms. The summed E-state index contributed by atoms with van der Waals surface area (Å²) in [5.74, 6) is -0.556. The number of esters is 1. The summed E-state index contributed by atoms with van der Waals surface area (Å²) in [5.41, 5.74) is 2.19. The predicted octanol–water partition coefficient (Wildman–Crippen LogP) is 2.92. The lowest BCUT2D eigenvalue weighted by atomic mass is 10.0. The Labute approximate surface area is 181 Å². The Hall–Kier alpha value is -2.26. The highest BCUT2D eigenvalue weighted by atomic mass is 32.1. The predicted molar refractivity (Wildman–Crippen MR) is 119 cm³/mol. The summed E-state index contributed by atoms with van der Waals surface area (Å²) in [6.45, 7) is 5.69. The van der Waals surface area contributed by atoms with Gasteiger partial charge < -0.3 is 19.7 Å².